The lowest BCUT2D eigenvalue weighted by Crippen LogP contribution is -2.04. The van der Waals surface area contributed by atoms with E-state index in [1.54, 1.807) is 19.5 Å². The Morgan fingerprint density at radius 1 is 1.21 bits per heavy atom. The first kappa shape index (κ1) is 13.1. The van der Waals surface area contributed by atoms with E-state index >= 15 is 0 Å². The summed E-state index contributed by atoms with van der Waals surface area (Å²) in [4.78, 5) is 8.59. The van der Waals surface area contributed by atoms with E-state index in [1.165, 1.54) is 0 Å². The van der Waals surface area contributed by atoms with Crippen LogP contribution < -0.4 is 15.4 Å². The van der Waals surface area contributed by atoms with Crippen molar-refractivity contribution in [3.63, 3.8) is 0 Å². The van der Waals surface area contributed by atoms with Crippen molar-refractivity contribution in [2.75, 3.05) is 24.3 Å². The number of anilines is 3. The summed E-state index contributed by atoms with van der Waals surface area (Å²) in [6, 6.07) is 7.69. The van der Waals surface area contributed by atoms with Crippen molar-refractivity contribution in [2.45, 2.75) is 13.3 Å². The van der Waals surface area contributed by atoms with E-state index in [-0.39, 0.29) is 0 Å². The molecule has 0 aliphatic carbocycles. The molecule has 1 aromatic carbocycles. The zero-order valence-electron chi connectivity index (χ0n) is 11.2. The van der Waals surface area contributed by atoms with Crippen LogP contribution in [0.3, 0.4) is 0 Å². The summed E-state index contributed by atoms with van der Waals surface area (Å²) in [5.74, 6) is 2.28. The molecule has 0 bridgehead atoms. The third-order valence-electron chi connectivity index (χ3n) is 2.53. The number of hydrogen-bond acceptors (Lipinski definition) is 5. The summed E-state index contributed by atoms with van der Waals surface area (Å²) in [5, 5.41) is 6.41. The highest BCUT2D eigenvalue weighted by Crippen LogP contribution is 2.20. The predicted molar refractivity (Wildman–Crippen MR) is 77.1 cm³/mol. The van der Waals surface area contributed by atoms with Gasteiger partial charge in [-0.15, -0.1) is 0 Å². The van der Waals surface area contributed by atoms with Crippen LogP contribution >= 0.6 is 0 Å². The maximum Gasteiger partial charge on any atom is 0.151 e. The lowest BCUT2D eigenvalue weighted by Gasteiger charge is -2.09. The van der Waals surface area contributed by atoms with Gasteiger partial charge in [-0.25, -0.2) is 4.98 Å². The highest BCUT2D eigenvalue weighted by Gasteiger charge is 2.00. The van der Waals surface area contributed by atoms with Crippen LogP contribution in [-0.4, -0.2) is 23.6 Å². The number of ether oxygens (including phenoxy) is 1. The molecule has 0 saturated heterocycles. The van der Waals surface area contributed by atoms with Crippen LogP contribution in [0.15, 0.2) is 36.7 Å². The van der Waals surface area contributed by atoms with Crippen LogP contribution in [-0.2, 0) is 0 Å². The molecule has 1 aromatic heterocycles. The summed E-state index contributed by atoms with van der Waals surface area (Å²) in [5.41, 5.74) is 0.918. The fourth-order valence-corrected chi connectivity index (χ4v) is 1.61. The maximum atomic E-state index is 5.18. The molecule has 5 nitrogen and oxygen atoms in total. The van der Waals surface area contributed by atoms with Crippen LogP contribution in [0, 0.1) is 0 Å². The smallest absolute Gasteiger partial charge is 0.151 e. The Bertz CT molecular complexity index is 530. The second-order valence-electron chi connectivity index (χ2n) is 4.07. The predicted octanol–water partition coefficient (Wildman–Crippen LogP) is 3.05. The van der Waals surface area contributed by atoms with Crippen molar-refractivity contribution in [3.8, 4) is 5.75 Å². The van der Waals surface area contributed by atoms with Gasteiger partial charge < -0.3 is 15.4 Å². The minimum Gasteiger partial charge on any atom is -0.497 e. The molecule has 0 aliphatic rings. The first-order valence-corrected chi connectivity index (χ1v) is 6.29. The Labute approximate surface area is 113 Å². The number of rotatable bonds is 6. The second kappa shape index (κ2) is 6.58. The van der Waals surface area contributed by atoms with Gasteiger partial charge in [0.25, 0.3) is 0 Å². The topological polar surface area (TPSA) is 59.1 Å². The molecule has 0 unspecified atom stereocenters. The van der Waals surface area contributed by atoms with Crippen LogP contribution in [0.1, 0.15) is 13.3 Å². The minimum absolute atomic E-state index is 0.703. The monoisotopic (exact) mass is 258 g/mol. The lowest BCUT2D eigenvalue weighted by molar-refractivity contribution is 0.415. The third kappa shape index (κ3) is 3.84. The Morgan fingerprint density at radius 2 is 2.05 bits per heavy atom. The van der Waals surface area contributed by atoms with Gasteiger partial charge in [0.05, 0.1) is 19.5 Å². The van der Waals surface area contributed by atoms with E-state index < -0.39 is 0 Å². The van der Waals surface area contributed by atoms with Crippen LogP contribution in [0.2, 0.25) is 0 Å². The molecule has 0 radical (unpaired) electrons. The fourth-order valence-electron chi connectivity index (χ4n) is 1.61. The summed E-state index contributed by atoms with van der Waals surface area (Å²) in [6.07, 6.45) is 4.46. The largest absolute Gasteiger partial charge is 0.497 e. The summed E-state index contributed by atoms with van der Waals surface area (Å²) < 4.78 is 5.18. The number of nitrogens with zero attached hydrogens (tertiary/aromatic N) is 2. The van der Waals surface area contributed by atoms with Gasteiger partial charge in [-0.3, -0.25) is 4.98 Å². The average Bonchev–Trinajstić information content (AvgIpc) is 2.46. The minimum atomic E-state index is 0.703. The molecule has 0 aliphatic heterocycles. The summed E-state index contributed by atoms with van der Waals surface area (Å²) >= 11 is 0. The van der Waals surface area contributed by atoms with Crippen molar-refractivity contribution >= 4 is 17.3 Å². The Morgan fingerprint density at radius 3 is 2.84 bits per heavy atom. The van der Waals surface area contributed by atoms with Crippen molar-refractivity contribution < 1.29 is 4.74 Å². The fraction of sp³-hybridized carbons (Fsp3) is 0.286. The first-order chi connectivity index (χ1) is 9.31. The Hall–Kier alpha value is -2.30. The van der Waals surface area contributed by atoms with Crippen LogP contribution in [0.25, 0.3) is 0 Å². The average molecular weight is 258 g/mol. The van der Waals surface area contributed by atoms with Gasteiger partial charge >= 0.3 is 0 Å². The molecular formula is C14H18N4O. The molecule has 2 N–H and O–H groups in total. The van der Waals surface area contributed by atoms with Gasteiger partial charge in [-0.2, -0.15) is 0 Å². The lowest BCUT2D eigenvalue weighted by atomic mass is 10.3. The van der Waals surface area contributed by atoms with E-state index in [9.17, 15) is 0 Å². The molecule has 1 heterocycles. The third-order valence-corrected chi connectivity index (χ3v) is 2.53. The number of methoxy groups -OCH3 is 1. The molecule has 0 amide bonds. The van der Waals surface area contributed by atoms with Crippen molar-refractivity contribution in [3.05, 3.63) is 36.7 Å². The molecule has 0 spiro atoms. The van der Waals surface area contributed by atoms with Gasteiger partial charge in [0.1, 0.15) is 11.6 Å². The van der Waals surface area contributed by atoms with Gasteiger partial charge in [0.2, 0.25) is 0 Å². The van der Waals surface area contributed by atoms with Crippen LogP contribution in [0.5, 0.6) is 5.75 Å². The molecule has 5 heteroatoms. The number of nitrogens with one attached hydrogen (secondary N) is 2. The second-order valence-corrected chi connectivity index (χ2v) is 4.07. The van der Waals surface area contributed by atoms with Crippen molar-refractivity contribution in [1.29, 1.82) is 0 Å². The molecule has 19 heavy (non-hydrogen) atoms. The molecule has 100 valence electrons. The molecular weight excluding hydrogens is 240 g/mol. The molecule has 2 aromatic rings. The molecule has 0 atom stereocenters. The number of hydrogen-bond donors (Lipinski definition) is 2. The SMILES string of the molecule is CCCNc1cncc(Nc2cccc(OC)c2)n1. The van der Waals surface area contributed by atoms with Gasteiger partial charge in [0.15, 0.2) is 5.82 Å². The van der Waals surface area contributed by atoms with Gasteiger partial charge in [-0.05, 0) is 18.6 Å². The number of benzene rings is 1. The van der Waals surface area contributed by atoms with Gasteiger partial charge in [0, 0.05) is 18.3 Å². The Kier molecular flexibility index (Phi) is 4.55. The van der Waals surface area contributed by atoms with E-state index in [1.807, 2.05) is 24.3 Å². The standard InChI is InChI=1S/C14H18N4O/c1-3-7-16-13-9-15-10-14(18-13)17-11-5-4-6-12(8-11)19-2/h4-6,8-10H,3,7H2,1-2H3,(H2,16,17,18). The van der Waals surface area contributed by atoms with Crippen molar-refractivity contribution in [1.82, 2.24) is 9.97 Å². The van der Waals surface area contributed by atoms with Crippen LogP contribution in [0.4, 0.5) is 17.3 Å². The maximum absolute atomic E-state index is 5.18. The van der Waals surface area contributed by atoms with E-state index in [2.05, 4.69) is 27.5 Å². The highest BCUT2D eigenvalue weighted by atomic mass is 16.5. The number of aromatic nitrogens is 2. The quantitative estimate of drug-likeness (QED) is 0.834. The first-order valence-electron chi connectivity index (χ1n) is 6.29. The zero-order valence-corrected chi connectivity index (χ0v) is 11.2. The summed E-state index contributed by atoms with van der Waals surface area (Å²) in [6.45, 7) is 3.00. The molecule has 2 rings (SSSR count). The van der Waals surface area contributed by atoms with Crippen molar-refractivity contribution in [2.24, 2.45) is 0 Å². The zero-order chi connectivity index (χ0) is 13.5. The normalized spacial score (nSPS) is 10.0. The molecule has 0 saturated carbocycles. The summed E-state index contributed by atoms with van der Waals surface area (Å²) in [7, 11) is 1.65. The molecule has 0 fully saturated rings. The highest BCUT2D eigenvalue weighted by molar-refractivity contribution is 5.58. The van der Waals surface area contributed by atoms with E-state index in [0.29, 0.717) is 5.82 Å². The van der Waals surface area contributed by atoms with E-state index in [4.69, 9.17) is 4.74 Å². The van der Waals surface area contributed by atoms with Gasteiger partial charge in [-0.1, -0.05) is 13.0 Å². The van der Waals surface area contributed by atoms with E-state index in [0.717, 1.165) is 30.2 Å². The Balaban J connectivity index is 2.09.